The van der Waals surface area contributed by atoms with Crippen molar-refractivity contribution in [3.05, 3.63) is 33.8 Å². The van der Waals surface area contributed by atoms with Crippen LogP contribution in [0.4, 0.5) is 0 Å². The molecule has 2 rings (SSSR count). The van der Waals surface area contributed by atoms with E-state index in [1.54, 1.807) is 0 Å². The van der Waals surface area contributed by atoms with Gasteiger partial charge in [-0.25, -0.2) is 0 Å². The first-order chi connectivity index (χ1) is 8.59. The summed E-state index contributed by atoms with van der Waals surface area (Å²) in [5.41, 5.74) is 1.37. The first-order valence-corrected chi connectivity index (χ1v) is 7.24. The third-order valence-corrected chi connectivity index (χ3v) is 4.88. The van der Waals surface area contributed by atoms with Crippen LogP contribution in [0.1, 0.15) is 49.3 Å². The number of nitrogens with zero attached hydrogens (tertiary/aromatic N) is 1. The number of hydrogen-bond donors (Lipinski definition) is 1. The zero-order valence-electron chi connectivity index (χ0n) is 10.6. The van der Waals surface area contributed by atoms with Crippen molar-refractivity contribution in [2.24, 2.45) is 5.41 Å². The standard InChI is InChI=1S/C15H18BrNO/c1-11-9-12(5-6-13(11)16)14(18)15(10-17)7-3-2-4-8-15/h5-6,9,14,18H,2-4,7-8H2,1H3. The topological polar surface area (TPSA) is 44.0 Å². The highest BCUT2D eigenvalue weighted by Gasteiger charge is 2.40. The number of aliphatic hydroxyl groups is 1. The molecular weight excluding hydrogens is 290 g/mol. The summed E-state index contributed by atoms with van der Waals surface area (Å²) in [6.45, 7) is 2.00. The number of benzene rings is 1. The Kier molecular flexibility index (Phi) is 4.09. The van der Waals surface area contributed by atoms with Crippen molar-refractivity contribution in [3.63, 3.8) is 0 Å². The molecule has 0 radical (unpaired) electrons. The summed E-state index contributed by atoms with van der Waals surface area (Å²) < 4.78 is 1.04. The molecule has 0 heterocycles. The molecule has 1 aliphatic rings. The van der Waals surface area contributed by atoms with Crippen molar-refractivity contribution in [2.45, 2.75) is 45.1 Å². The Hall–Kier alpha value is -0.850. The minimum absolute atomic E-state index is 0.585. The molecule has 3 heteroatoms. The van der Waals surface area contributed by atoms with Crippen molar-refractivity contribution >= 4 is 15.9 Å². The average Bonchev–Trinajstić information content (AvgIpc) is 2.42. The molecule has 1 N–H and O–H groups in total. The molecule has 0 saturated heterocycles. The number of nitriles is 1. The van der Waals surface area contributed by atoms with Gasteiger partial charge in [0.1, 0.15) is 0 Å². The van der Waals surface area contributed by atoms with Crippen LogP contribution >= 0.6 is 15.9 Å². The molecule has 0 amide bonds. The van der Waals surface area contributed by atoms with Gasteiger partial charge in [-0.3, -0.25) is 0 Å². The summed E-state index contributed by atoms with van der Waals surface area (Å²) in [7, 11) is 0. The van der Waals surface area contributed by atoms with Gasteiger partial charge >= 0.3 is 0 Å². The number of aryl methyl sites for hydroxylation is 1. The van der Waals surface area contributed by atoms with E-state index in [2.05, 4.69) is 22.0 Å². The monoisotopic (exact) mass is 307 g/mol. The summed E-state index contributed by atoms with van der Waals surface area (Å²) in [5, 5.41) is 20.1. The zero-order valence-corrected chi connectivity index (χ0v) is 12.2. The zero-order chi connectivity index (χ0) is 13.2. The molecule has 0 aromatic heterocycles. The van der Waals surface area contributed by atoms with Crippen LogP contribution in [0, 0.1) is 23.7 Å². The quantitative estimate of drug-likeness (QED) is 0.887. The van der Waals surface area contributed by atoms with E-state index in [1.165, 1.54) is 6.42 Å². The Bertz CT molecular complexity index is 472. The second-order valence-corrected chi connectivity index (χ2v) is 6.09. The van der Waals surface area contributed by atoms with Crippen LogP contribution in [-0.2, 0) is 0 Å². The van der Waals surface area contributed by atoms with E-state index in [0.29, 0.717) is 0 Å². The van der Waals surface area contributed by atoms with Crippen molar-refractivity contribution in [1.82, 2.24) is 0 Å². The third-order valence-electron chi connectivity index (χ3n) is 3.99. The lowest BCUT2D eigenvalue weighted by Gasteiger charge is -2.35. The minimum Gasteiger partial charge on any atom is -0.387 e. The molecule has 18 heavy (non-hydrogen) atoms. The predicted molar refractivity (Wildman–Crippen MR) is 75.0 cm³/mol. The molecule has 0 bridgehead atoms. The van der Waals surface area contributed by atoms with Crippen molar-refractivity contribution in [3.8, 4) is 6.07 Å². The lowest BCUT2D eigenvalue weighted by Crippen LogP contribution is -2.30. The molecule has 1 unspecified atom stereocenters. The summed E-state index contributed by atoms with van der Waals surface area (Å²) in [4.78, 5) is 0. The number of aliphatic hydroxyl groups excluding tert-OH is 1. The molecule has 0 aliphatic heterocycles. The minimum atomic E-state index is -0.672. The van der Waals surface area contributed by atoms with Crippen molar-refractivity contribution in [2.75, 3.05) is 0 Å². The SMILES string of the molecule is Cc1cc(C(O)C2(C#N)CCCCC2)ccc1Br. The van der Waals surface area contributed by atoms with Gasteiger partial charge in [0.25, 0.3) is 0 Å². The van der Waals surface area contributed by atoms with Gasteiger partial charge in [0.05, 0.1) is 17.6 Å². The van der Waals surface area contributed by atoms with Crippen LogP contribution in [-0.4, -0.2) is 5.11 Å². The van der Waals surface area contributed by atoms with Gasteiger partial charge in [-0.2, -0.15) is 5.26 Å². The Balaban J connectivity index is 2.31. The fourth-order valence-corrected chi connectivity index (χ4v) is 3.03. The average molecular weight is 308 g/mol. The molecule has 1 saturated carbocycles. The van der Waals surface area contributed by atoms with E-state index in [0.717, 1.165) is 41.3 Å². The van der Waals surface area contributed by atoms with Crippen molar-refractivity contribution < 1.29 is 5.11 Å². The number of rotatable bonds is 2. The maximum atomic E-state index is 10.6. The Morgan fingerprint density at radius 1 is 1.33 bits per heavy atom. The predicted octanol–water partition coefficient (Wildman–Crippen LogP) is 4.27. The van der Waals surface area contributed by atoms with E-state index in [9.17, 15) is 10.4 Å². The molecule has 1 aromatic carbocycles. The maximum absolute atomic E-state index is 10.6. The first kappa shape index (κ1) is 13.6. The van der Waals surface area contributed by atoms with E-state index in [4.69, 9.17) is 0 Å². The summed E-state index contributed by atoms with van der Waals surface area (Å²) in [6.07, 6.45) is 4.20. The van der Waals surface area contributed by atoms with Crippen LogP contribution in [0.5, 0.6) is 0 Å². The molecule has 1 aromatic rings. The van der Waals surface area contributed by atoms with Gasteiger partial charge in [-0.1, -0.05) is 47.3 Å². The highest BCUT2D eigenvalue weighted by Crippen LogP contribution is 2.45. The van der Waals surface area contributed by atoms with Gasteiger partial charge in [-0.15, -0.1) is 0 Å². The fourth-order valence-electron chi connectivity index (χ4n) is 2.79. The van der Waals surface area contributed by atoms with E-state index in [1.807, 2.05) is 25.1 Å². The first-order valence-electron chi connectivity index (χ1n) is 6.44. The fraction of sp³-hybridized carbons (Fsp3) is 0.533. The van der Waals surface area contributed by atoms with Gasteiger partial charge in [0.15, 0.2) is 0 Å². The number of halogens is 1. The molecule has 0 spiro atoms. The molecule has 1 fully saturated rings. The van der Waals surface area contributed by atoms with E-state index >= 15 is 0 Å². The maximum Gasteiger partial charge on any atom is 0.0976 e. The van der Waals surface area contributed by atoms with Crippen LogP contribution in [0.25, 0.3) is 0 Å². The molecule has 1 aliphatic carbocycles. The molecule has 2 nitrogen and oxygen atoms in total. The molecule has 1 atom stereocenters. The lowest BCUT2D eigenvalue weighted by molar-refractivity contribution is 0.0359. The van der Waals surface area contributed by atoms with Gasteiger partial charge in [0, 0.05) is 4.47 Å². The highest BCUT2D eigenvalue weighted by atomic mass is 79.9. The Labute approximate surface area is 117 Å². The Morgan fingerprint density at radius 3 is 2.56 bits per heavy atom. The number of hydrogen-bond acceptors (Lipinski definition) is 2. The second-order valence-electron chi connectivity index (χ2n) is 5.24. The normalized spacial score (nSPS) is 20.1. The van der Waals surface area contributed by atoms with Gasteiger partial charge < -0.3 is 5.11 Å². The Morgan fingerprint density at radius 2 is 2.00 bits per heavy atom. The van der Waals surface area contributed by atoms with Gasteiger partial charge in [-0.05, 0) is 37.0 Å². The lowest BCUT2D eigenvalue weighted by atomic mass is 9.69. The molecule has 96 valence electrons. The van der Waals surface area contributed by atoms with Crippen LogP contribution < -0.4 is 0 Å². The van der Waals surface area contributed by atoms with Crippen LogP contribution in [0.3, 0.4) is 0 Å². The van der Waals surface area contributed by atoms with Gasteiger partial charge in [0.2, 0.25) is 0 Å². The highest BCUT2D eigenvalue weighted by molar-refractivity contribution is 9.10. The van der Waals surface area contributed by atoms with Crippen LogP contribution in [0.15, 0.2) is 22.7 Å². The van der Waals surface area contributed by atoms with E-state index in [-0.39, 0.29) is 0 Å². The van der Waals surface area contributed by atoms with Crippen molar-refractivity contribution in [1.29, 1.82) is 5.26 Å². The summed E-state index contributed by atoms with van der Waals surface area (Å²) in [6, 6.07) is 8.22. The summed E-state index contributed by atoms with van der Waals surface area (Å²) in [5.74, 6) is 0. The third kappa shape index (κ3) is 2.46. The van der Waals surface area contributed by atoms with Crippen LogP contribution in [0.2, 0.25) is 0 Å². The second kappa shape index (κ2) is 5.42. The molecular formula is C15H18BrNO. The van der Waals surface area contributed by atoms with E-state index < -0.39 is 11.5 Å². The largest absolute Gasteiger partial charge is 0.387 e. The summed E-state index contributed by atoms with van der Waals surface area (Å²) >= 11 is 3.46. The smallest absolute Gasteiger partial charge is 0.0976 e.